The summed E-state index contributed by atoms with van der Waals surface area (Å²) in [6.07, 6.45) is 5.38. The van der Waals surface area contributed by atoms with Crippen LogP contribution in [0.15, 0.2) is 39.9 Å². The highest BCUT2D eigenvalue weighted by atomic mass is 32.2. The van der Waals surface area contributed by atoms with E-state index in [0.717, 1.165) is 39.0 Å². The summed E-state index contributed by atoms with van der Waals surface area (Å²) in [5, 5.41) is 3.48. The molecule has 2 aromatic heterocycles. The van der Waals surface area contributed by atoms with Gasteiger partial charge < -0.3 is 14.5 Å². The Labute approximate surface area is 178 Å². The van der Waals surface area contributed by atoms with Crippen LogP contribution in [-0.4, -0.2) is 21.3 Å². The van der Waals surface area contributed by atoms with Crippen LogP contribution in [0.25, 0.3) is 28.2 Å². The fraction of sp³-hybridized carbons (Fsp3) is 0.227. The molecule has 1 N–H and O–H groups in total. The molecule has 1 aliphatic rings. The first-order valence-corrected chi connectivity index (χ1v) is 10.4. The van der Waals surface area contributed by atoms with Crippen molar-refractivity contribution >= 4 is 51.3 Å². The fourth-order valence-electron chi connectivity index (χ4n) is 3.34. The largest absolute Gasteiger partial charge is 0.490 e. The molecule has 0 saturated carbocycles. The number of aromatic nitrogens is 1. The molecule has 5 nitrogen and oxygen atoms in total. The number of pyridine rings is 1. The van der Waals surface area contributed by atoms with Crippen LogP contribution in [0.5, 0.6) is 5.75 Å². The summed E-state index contributed by atoms with van der Waals surface area (Å²) < 4.78 is 12.5. The van der Waals surface area contributed by atoms with Crippen LogP contribution in [0.1, 0.15) is 30.7 Å². The Kier molecular flexibility index (Phi) is 5.19. The number of carbonyl (C=O) groups excluding carboxylic acids is 1. The monoisotopic (exact) mass is 424 g/mol. The molecule has 3 aromatic rings. The SMILES string of the molecule is Cc1cc(-c2cncc3cc(/C=C4/SC(=S)NC4=O)oc23)cc(C)c1OC(C)C. The van der Waals surface area contributed by atoms with Crippen LogP contribution < -0.4 is 10.1 Å². The van der Waals surface area contributed by atoms with Crippen molar-refractivity contribution in [2.45, 2.75) is 33.8 Å². The lowest BCUT2D eigenvalue weighted by Gasteiger charge is -2.16. The minimum absolute atomic E-state index is 0.113. The van der Waals surface area contributed by atoms with Crippen molar-refractivity contribution in [2.24, 2.45) is 0 Å². The zero-order valence-electron chi connectivity index (χ0n) is 16.5. The molecule has 1 aromatic carbocycles. The van der Waals surface area contributed by atoms with Gasteiger partial charge in [-0.2, -0.15) is 0 Å². The second kappa shape index (κ2) is 7.65. The van der Waals surface area contributed by atoms with Crippen LogP contribution in [0, 0.1) is 13.8 Å². The Balaban J connectivity index is 1.78. The number of rotatable bonds is 4. The van der Waals surface area contributed by atoms with Crippen LogP contribution in [0.2, 0.25) is 0 Å². The van der Waals surface area contributed by atoms with Gasteiger partial charge in [0.25, 0.3) is 5.91 Å². The van der Waals surface area contributed by atoms with Gasteiger partial charge in [-0.05, 0) is 62.6 Å². The average Bonchev–Trinajstić information content (AvgIpc) is 3.19. The van der Waals surface area contributed by atoms with Crippen LogP contribution in [0.4, 0.5) is 0 Å². The molecule has 1 fully saturated rings. The quantitative estimate of drug-likeness (QED) is 0.448. The number of aryl methyl sites for hydroxylation is 2. The Morgan fingerprint density at radius 2 is 1.93 bits per heavy atom. The maximum absolute atomic E-state index is 11.9. The Bertz CT molecular complexity index is 1160. The smallest absolute Gasteiger partial charge is 0.263 e. The van der Waals surface area contributed by atoms with Crippen LogP contribution in [-0.2, 0) is 4.79 Å². The van der Waals surface area contributed by atoms with Gasteiger partial charge in [0, 0.05) is 29.4 Å². The molecular weight excluding hydrogens is 404 g/mol. The molecule has 0 unspecified atom stereocenters. The number of thiocarbonyl (C=S) groups is 1. The minimum Gasteiger partial charge on any atom is -0.490 e. The zero-order chi connectivity index (χ0) is 20.7. The van der Waals surface area contributed by atoms with Crippen molar-refractivity contribution in [1.82, 2.24) is 10.3 Å². The van der Waals surface area contributed by atoms with Crippen LogP contribution >= 0.6 is 24.0 Å². The van der Waals surface area contributed by atoms with E-state index in [1.54, 1.807) is 18.5 Å². The van der Waals surface area contributed by atoms with Crippen molar-refractivity contribution in [2.75, 3.05) is 0 Å². The lowest BCUT2D eigenvalue weighted by Crippen LogP contribution is -2.17. The molecule has 3 heterocycles. The summed E-state index contributed by atoms with van der Waals surface area (Å²) >= 11 is 6.27. The normalized spacial score (nSPS) is 15.6. The van der Waals surface area contributed by atoms with Gasteiger partial charge in [0.1, 0.15) is 21.4 Å². The molecular formula is C22H20N2O3S2. The van der Waals surface area contributed by atoms with E-state index in [1.807, 2.05) is 33.8 Å². The predicted octanol–water partition coefficient (Wildman–Crippen LogP) is 5.39. The number of thioether (sulfide) groups is 1. The third kappa shape index (κ3) is 3.93. The number of carbonyl (C=O) groups is 1. The summed E-state index contributed by atoms with van der Waals surface area (Å²) in [6, 6.07) is 6.05. The molecule has 7 heteroatoms. The molecule has 1 saturated heterocycles. The third-order valence-electron chi connectivity index (χ3n) is 4.48. The number of ether oxygens (including phenoxy) is 1. The lowest BCUT2D eigenvalue weighted by molar-refractivity contribution is -0.115. The van der Waals surface area contributed by atoms with Gasteiger partial charge in [0.05, 0.1) is 11.0 Å². The molecule has 1 amide bonds. The molecule has 0 atom stereocenters. The third-order valence-corrected chi connectivity index (χ3v) is 5.64. The van der Waals surface area contributed by atoms with Crippen LogP contribution in [0.3, 0.4) is 0 Å². The van der Waals surface area contributed by atoms with Crippen molar-refractivity contribution in [3.05, 3.63) is 52.4 Å². The first-order valence-electron chi connectivity index (χ1n) is 9.22. The second-order valence-electron chi connectivity index (χ2n) is 7.21. The Morgan fingerprint density at radius 1 is 1.21 bits per heavy atom. The second-order valence-corrected chi connectivity index (χ2v) is 8.93. The predicted molar refractivity (Wildman–Crippen MR) is 121 cm³/mol. The minimum atomic E-state index is -0.203. The maximum atomic E-state index is 11.9. The van der Waals surface area contributed by atoms with Gasteiger partial charge in [0.2, 0.25) is 0 Å². The number of amides is 1. The van der Waals surface area contributed by atoms with E-state index in [0.29, 0.717) is 15.0 Å². The summed E-state index contributed by atoms with van der Waals surface area (Å²) in [6.45, 7) is 8.12. The van der Waals surface area contributed by atoms with Gasteiger partial charge in [-0.1, -0.05) is 24.0 Å². The number of hydrogen-bond acceptors (Lipinski definition) is 6. The molecule has 0 aliphatic carbocycles. The maximum Gasteiger partial charge on any atom is 0.263 e. The first kappa shape index (κ1) is 19.7. The Morgan fingerprint density at radius 3 is 2.55 bits per heavy atom. The average molecular weight is 425 g/mol. The van der Waals surface area contributed by atoms with E-state index in [4.69, 9.17) is 21.4 Å². The van der Waals surface area contributed by atoms with E-state index in [2.05, 4.69) is 22.4 Å². The van der Waals surface area contributed by atoms with Crippen molar-refractivity contribution in [1.29, 1.82) is 0 Å². The highest BCUT2D eigenvalue weighted by molar-refractivity contribution is 8.26. The number of nitrogens with zero attached hydrogens (tertiary/aromatic N) is 1. The summed E-state index contributed by atoms with van der Waals surface area (Å²) in [5.41, 5.74) is 4.76. The first-order chi connectivity index (χ1) is 13.8. The molecule has 1 aliphatic heterocycles. The molecule has 0 bridgehead atoms. The number of furan rings is 1. The number of fused-ring (bicyclic) bond motifs is 1. The topological polar surface area (TPSA) is 64.4 Å². The van der Waals surface area contributed by atoms with Crippen molar-refractivity contribution in [3.8, 4) is 16.9 Å². The van der Waals surface area contributed by atoms with Crippen molar-refractivity contribution in [3.63, 3.8) is 0 Å². The highest BCUT2D eigenvalue weighted by Gasteiger charge is 2.23. The summed E-state index contributed by atoms with van der Waals surface area (Å²) in [7, 11) is 0. The highest BCUT2D eigenvalue weighted by Crippen LogP contribution is 2.36. The van der Waals surface area contributed by atoms with E-state index in [9.17, 15) is 4.79 Å². The summed E-state index contributed by atoms with van der Waals surface area (Å²) in [4.78, 5) is 16.8. The Hall–Kier alpha value is -2.64. The van der Waals surface area contributed by atoms with Gasteiger partial charge in [-0.15, -0.1) is 0 Å². The van der Waals surface area contributed by atoms with Gasteiger partial charge >= 0.3 is 0 Å². The van der Waals surface area contributed by atoms with E-state index in [1.165, 1.54) is 11.8 Å². The molecule has 4 rings (SSSR count). The van der Waals surface area contributed by atoms with E-state index in [-0.39, 0.29) is 12.0 Å². The molecule has 0 radical (unpaired) electrons. The number of nitrogens with one attached hydrogen (secondary N) is 1. The van der Waals surface area contributed by atoms with E-state index >= 15 is 0 Å². The molecule has 0 spiro atoms. The standard InChI is InChI=1S/C22H20N2O3S2/c1-11(2)26-19-12(3)5-14(6-13(19)4)17-10-23-9-15-7-16(27-20(15)17)8-18-21(25)24-22(28)29-18/h5-11H,1-4H3,(H,24,25,28)/b18-8+. The zero-order valence-corrected chi connectivity index (χ0v) is 18.2. The van der Waals surface area contributed by atoms with Gasteiger partial charge in [-0.3, -0.25) is 9.78 Å². The van der Waals surface area contributed by atoms with Gasteiger partial charge in [-0.25, -0.2) is 0 Å². The number of hydrogen-bond donors (Lipinski definition) is 1. The molecule has 148 valence electrons. The van der Waals surface area contributed by atoms with E-state index < -0.39 is 0 Å². The fourth-order valence-corrected chi connectivity index (χ4v) is 4.36. The number of benzene rings is 1. The van der Waals surface area contributed by atoms with Crippen molar-refractivity contribution < 1.29 is 13.9 Å². The lowest BCUT2D eigenvalue weighted by atomic mass is 10.00. The van der Waals surface area contributed by atoms with Gasteiger partial charge in [0.15, 0.2) is 0 Å². The molecule has 29 heavy (non-hydrogen) atoms. The summed E-state index contributed by atoms with van der Waals surface area (Å²) in [5.74, 6) is 1.30.